The summed E-state index contributed by atoms with van der Waals surface area (Å²) in [6.45, 7) is 5.70. The fourth-order valence-electron chi connectivity index (χ4n) is 2.72. The van der Waals surface area contributed by atoms with Crippen LogP contribution in [0.15, 0.2) is 46.0 Å². The van der Waals surface area contributed by atoms with Crippen LogP contribution in [0.5, 0.6) is 0 Å². The van der Waals surface area contributed by atoms with E-state index in [2.05, 4.69) is 4.98 Å². The van der Waals surface area contributed by atoms with Crippen molar-refractivity contribution in [3.05, 3.63) is 51.7 Å². The molecule has 1 aromatic carbocycles. The quantitative estimate of drug-likeness (QED) is 0.603. The van der Waals surface area contributed by atoms with Crippen LogP contribution in [0.1, 0.15) is 29.2 Å². The van der Waals surface area contributed by atoms with Gasteiger partial charge in [-0.15, -0.1) is 11.3 Å². The number of aromatic nitrogens is 1. The second-order valence-electron chi connectivity index (χ2n) is 6.48. The lowest BCUT2D eigenvalue weighted by molar-refractivity contribution is 0.0983. The topological polar surface area (TPSA) is 67.3 Å². The molecule has 5 nitrogen and oxygen atoms in total. The third kappa shape index (κ3) is 4.12. The second kappa shape index (κ2) is 7.53. The molecular formula is C19H20N2O3S3. The van der Waals surface area contributed by atoms with Gasteiger partial charge in [0.05, 0.1) is 10.6 Å². The first-order valence-corrected chi connectivity index (χ1v) is 12.0. The molecule has 142 valence electrons. The highest BCUT2D eigenvalue weighted by Gasteiger charge is 2.25. The molecule has 0 fully saturated rings. The Morgan fingerprint density at radius 3 is 2.33 bits per heavy atom. The van der Waals surface area contributed by atoms with E-state index in [0.29, 0.717) is 16.3 Å². The van der Waals surface area contributed by atoms with Crippen molar-refractivity contribution in [2.45, 2.75) is 31.7 Å². The Bertz CT molecular complexity index is 1050. The number of thiophene rings is 1. The van der Waals surface area contributed by atoms with Crippen molar-refractivity contribution in [3.8, 4) is 10.6 Å². The van der Waals surface area contributed by atoms with Crippen LogP contribution in [0.2, 0.25) is 0 Å². The zero-order valence-electron chi connectivity index (χ0n) is 15.5. The Hall–Kier alpha value is -2.03. The van der Waals surface area contributed by atoms with Crippen LogP contribution >= 0.6 is 22.7 Å². The molecule has 0 radical (unpaired) electrons. The van der Waals surface area contributed by atoms with Gasteiger partial charge in [-0.25, -0.2) is 13.4 Å². The molecule has 2 heterocycles. The molecule has 3 rings (SSSR count). The summed E-state index contributed by atoms with van der Waals surface area (Å²) in [5.41, 5.74) is 2.37. The van der Waals surface area contributed by atoms with Gasteiger partial charge in [0.15, 0.2) is 9.84 Å². The summed E-state index contributed by atoms with van der Waals surface area (Å²) in [4.78, 5) is 20.3. The van der Waals surface area contributed by atoms with E-state index in [1.165, 1.54) is 29.7 Å². The SMILES string of the molecule is Cc1nc(-c2ccsc2)sc1C(=O)N(c1ccc(S(C)(=O)=O)cc1)C(C)C. The zero-order chi connectivity index (χ0) is 19.8. The third-order valence-corrected chi connectivity index (χ3v) is 7.04. The Balaban J connectivity index is 1.97. The standard InChI is InChI=1S/C19H20N2O3S3/c1-12(2)21(15-5-7-16(8-6-15)27(4,23)24)19(22)17-13(3)20-18(26-17)14-9-10-25-11-14/h5-12H,1-4H3. The normalized spacial score (nSPS) is 11.7. The number of benzene rings is 1. The van der Waals surface area contributed by atoms with Gasteiger partial charge in [0.25, 0.3) is 5.91 Å². The van der Waals surface area contributed by atoms with Gasteiger partial charge in [-0.05, 0) is 56.5 Å². The number of anilines is 1. The smallest absolute Gasteiger partial charge is 0.270 e. The predicted octanol–water partition coefficient (Wildman–Crippen LogP) is 4.64. The molecule has 1 amide bonds. The van der Waals surface area contributed by atoms with Crippen molar-refractivity contribution in [3.63, 3.8) is 0 Å². The number of hydrogen-bond donors (Lipinski definition) is 0. The average molecular weight is 421 g/mol. The van der Waals surface area contributed by atoms with Crippen LogP contribution in [-0.2, 0) is 9.84 Å². The molecule has 0 saturated carbocycles. The number of thiazole rings is 1. The number of hydrogen-bond acceptors (Lipinski definition) is 6. The van der Waals surface area contributed by atoms with Gasteiger partial charge in [-0.2, -0.15) is 11.3 Å². The van der Waals surface area contributed by atoms with Gasteiger partial charge in [0.2, 0.25) is 0 Å². The number of rotatable bonds is 5. The molecular weight excluding hydrogens is 400 g/mol. The Kier molecular flexibility index (Phi) is 5.50. The van der Waals surface area contributed by atoms with Crippen molar-refractivity contribution >= 4 is 44.1 Å². The molecule has 0 atom stereocenters. The molecule has 8 heteroatoms. The summed E-state index contributed by atoms with van der Waals surface area (Å²) in [5.74, 6) is -0.131. The summed E-state index contributed by atoms with van der Waals surface area (Å²) < 4.78 is 23.4. The minimum Gasteiger partial charge on any atom is -0.305 e. The van der Waals surface area contributed by atoms with E-state index in [0.717, 1.165) is 10.6 Å². The van der Waals surface area contributed by atoms with Crippen molar-refractivity contribution in [1.82, 2.24) is 4.98 Å². The van der Waals surface area contributed by atoms with Crippen LogP contribution in [-0.4, -0.2) is 31.6 Å². The van der Waals surface area contributed by atoms with Gasteiger partial charge >= 0.3 is 0 Å². The van der Waals surface area contributed by atoms with Gasteiger partial charge in [-0.1, -0.05) is 0 Å². The van der Waals surface area contributed by atoms with Crippen LogP contribution in [0.25, 0.3) is 10.6 Å². The van der Waals surface area contributed by atoms with E-state index in [-0.39, 0.29) is 16.8 Å². The highest BCUT2D eigenvalue weighted by atomic mass is 32.2. The molecule has 27 heavy (non-hydrogen) atoms. The molecule has 0 aliphatic heterocycles. The van der Waals surface area contributed by atoms with Crippen molar-refractivity contribution < 1.29 is 13.2 Å². The first-order chi connectivity index (χ1) is 12.7. The first-order valence-electron chi connectivity index (χ1n) is 8.32. The Morgan fingerprint density at radius 2 is 1.81 bits per heavy atom. The van der Waals surface area contributed by atoms with Crippen LogP contribution in [0.3, 0.4) is 0 Å². The molecule has 0 unspecified atom stereocenters. The number of carbonyl (C=O) groups excluding carboxylic acids is 1. The lowest BCUT2D eigenvalue weighted by Gasteiger charge is -2.26. The van der Waals surface area contributed by atoms with E-state index >= 15 is 0 Å². The van der Waals surface area contributed by atoms with Gasteiger partial charge < -0.3 is 4.90 Å². The summed E-state index contributed by atoms with van der Waals surface area (Å²) in [6.07, 6.45) is 1.17. The number of aryl methyl sites for hydroxylation is 1. The minimum atomic E-state index is -3.28. The summed E-state index contributed by atoms with van der Waals surface area (Å²) in [5, 5.41) is 4.82. The first kappa shape index (κ1) is 19.7. The lowest BCUT2D eigenvalue weighted by atomic mass is 10.2. The maximum absolute atomic E-state index is 13.3. The summed E-state index contributed by atoms with van der Waals surface area (Å²) in [7, 11) is -3.28. The van der Waals surface area contributed by atoms with E-state index in [1.807, 2.05) is 37.6 Å². The largest absolute Gasteiger partial charge is 0.305 e. The van der Waals surface area contributed by atoms with Crippen molar-refractivity contribution in [1.29, 1.82) is 0 Å². The van der Waals surface area contributed by atoms with E-state index in [9.17, 15) is 13.2 Å². The fourth-order valence-corrected chi connectivity index (χ4v) is 5.06. The molecule has 0 aliphatic rings. The van der Waals surface area contributed by atoms with Gasteiger partial charge in [-0.3, -0.25) is 4.79 Å². The van der Waals surface area contributed by atoms with Gasteiger partial charge in [0, 0.05) is 28.9 Å². The fraction of sp³-hybridized carbons (Fsp3) is 0.263. The van der Waals surface area contributed by atoms with Gasteiger partial charge in [0.1, 0.15) is 9.88 Å². The second-order valence-corrected chi connectivity index (χ2v) is 10.3. The van der Waals surface area contributed by atoms with Crippen LogP contribution < -0.4 is 4.90 Å². The Labute approximate surface area is 167 Å². The zero-order valence-corrected chi connectivity index (χ0v) is 17.9. The predicted molar refractivity (Wildman–Crippen MR) is 112 cm³/mol. The van der Waals surface area contributed by atoms with Crippen LogP contribution in [0.4, 0.5) is 5.69 Å². The molecule has 0 N–H and O–H groups in total. The monoisotopic (exact) mass is 420 g/mol. The maximum Gasteiger partial charge on any atom is 0.270 e. The number of sulfone groups is 1. The third-order valence-electron chi connectivity index (χ3n) is 4.04. The molecule has 0 aliphatic carbocycles. The Morgan fingerprint density at radius 1 is 1.15 bits per heavy atom. The average Bonchev–Trinajstić information content (AvgIpc) is 3.23. The van der Waals surface area contributed by atoms with E-state index in [4.69, 9.17) is 0 Å². The minimum absolute atomic E-state index is 0.0901. The molecule has 2 aromatic heterocycles. The molecule has 0 saturated heterocycles. The lowest BCUT2D eigenvalue weighted by Crippen LogP contribution is -2.37. The highest BCUT2D eigenvalue weighted by Crippen LogP contribution is 2.32. The number of amides is 1. The van der Waals surface area contributed by atoms with Crippen molar-refractivity contribution in [2.75, 3.05) is 11.2 Å². The van der Waals surface area contributed by atoms with Crippen LogP contribution in [0, 0.1) is 6.92 Å². The highest BCUT2D eigenvalue weighted by molar-refractivity contribution is 7.90. The summed E-state index contributed by atoms with van der Waals surface area (Å²) >= 11 is 2.97. The van der Waals surface area contributed by atoms with Crippen molar-refractivity contribution in [2.24, 2.45) is 0 Å². The number of nitrogens with zero attached hydrogens (tertiary/aromatic N) is 2. The maximum atomic E-state index is 13.3. The molecule has 0 spiro atoms. The molecule has 3 aromatic rings. The molecule has 0 bridgehead atoms. The van der Waals surface area contributed by atoms with E-state index < -0.39 is 9.84 Å². The van der Waals surface area contributed by atoms with E-state index in [1.54, 1.807) is 28.4 Å². The summed E-state index contributed by atoms with van der Waals surface area (Å²) in [6, 6.07) is 8.30. The number of carbonyl (C=O) groups is 1.